The second kappa shape index (κ2) is 4.94. The number of para-hydroxylation sites is 1. The van der Waals surface area contributed by atoms with Crippen LogP contribution in [0.4, 0.5) is 8.78 Å². The van der Waals surface area contributed by atoms with Crippen molar-refractivity contribution in [2.45, 2.75) is 6.04 Å². The van der Waals surface area contributed by atoms with Gasteiger partial charge in [0.15, 0.2) is 0 Å². The van der Waals surface area contributed by atoms with Crippen molar-refractivity contribution in [3.63, 3.8) is 0 Å². The zero-order chi connectivity index (χ0) is 14.1. The third-order valence-electron chi connectivity index (χ3n) is 3.16. The SMILES string of the molecule is NC(c1ccc(F)cc1F)c1cccc2nccnc12. The molecule has 0 saturated carbocycles. The molecule has 1 heterocycles. The zero-order valence-electron chi connectivity index (χ0n) is 10.4. The molecule has 20 heavy (non-hydrogen) atoms. The van der Waals surface area contributed by atoms with Crippen LogP contribution in [0.5, 0.6) is 0 Å². The molecule has 100 valence electrons. The minimum atomic E-state index is -0.726. The monoisotopic (exact) mass is 271 g/mol. The normalized spacial score (nSPS) is 12.6. The third-order valence-corrected chi connectivity index (χ3v) is 3.16. The molecule has 0 saturated heterocycles. The smallest absolute Gasteiger partial charge is 0.131 e. The van der Waals surface area contributed by atoms with E-state index in [-0.39, 0.29) is 5.56 Å². The summed E-state index contributed by atoms with van der Waals surface area (Å²) < 4.78 is 26.8. The van der Waals surface area contributed by atoms with Gasteiger partial charge in [0, 0.05) is 29.6 Å². The van der Waals surface area contributed by atoms with E-state index < -0.39 is 17.7 Å². The molecule has 0 aliphatic carbocycles. The maximum absolute atomic E-state index is 13.8. The van der Waals surface area contributed by atoms with Crippen LogP contribution >= 0.6 is 0 Å². The van der Waals surface area contributed by atoms with Crippen LogP contribution in [0.25, 0.3) is 11.0 Å². The Morgan fingerprint density at radius 2 is 1.75 bits per heavy atom. The van der Waals surface area contributed by atoms with Gasteiger partial charge >= 0.3 is 0 Å². The third kappa shape index (κ3) is 2.12. The summed E-state index contributed by atoms with van der Waals surface area (Å²) in [5.41, 5.74) is 8.28. The van der Waals surface area contributed by atoms with Crippen molar-refractivity contribution in [2.75, 3.05) is 0 Å². The predicted molar refractivity (Wildman–Crippen MR) is 71.9 cm³/mol. The number of rotatable bonds is 2. The highest BCUT2D eigenvalue weighted by molar-refractivity contribution is 5.78. The zero-order valence-corrected chi connectivity index (χ0v) is 10.4. The summed E-state index contributed by atoms with van der Waals surface area (Å²) >= 11 is 0. The molecule has 0 aliphatic heterocycles. The molecule has 3 nitrogen and oxygen atoms in total. The lowest BCUT2D eigenvalue weighted by molar-refractivity contribution is 0.566. The van der Waals surface area contributed by atoms with Gasteiger partial charge in [0.25, 0.3) is 0 Å². The average Bonchev–Trinajstić information content (AvgIpc) is 2.46. The van der Waals surface area contributed by atoms with Gasteiger partial charge in [-0.15, -0.1) is 0 Å². The topological polar surface area (TPSA) is 51.8 Å². The lowest BCUT2D eigenvalue weighted by atomic mass is 9.97. The Morgan fingerprint density at radius 3 is 2.55 bits per heavy atom. The maximum Gasteiger partial charge on any atom is 0.131 e. The van der Waals surface area contributed by atoms with Crippen molar-refractivity contribution in [3.8, 4) is 0 Å². The van der Waals surface area contributed by atoms with Gasteiger partial charge in [-0.1, -0.05) is 18.2 Å². The number of halogens is 2. The van der Waals surface area contributed by atoms with E-state index in [0.717, 1.165) is 6.07 Å². The van der Waals surface area contributed by atoms with E-state index in [4.69, 9.17) is 5.73 Å². The van der Waals surface area contributed by atoms with Crippen molar-refractivity contribution in [2.24, 2.45) is 5.73 Å². The Hall–Kier alpha value is -2.40. The minimum absolute atomic E-state index is 0.226. The summed E-state index contributed by atoms with van der Waals surface area (Å²) in [6, 6.07) is 8.00. The lowest BCUT2D eigenvalue weighted by Crippen LogP contribution is -2.14. The van der Waals surface area contributed by atoms with Gasteiger partial charge in [-0.25, -0.2) is 8.78 Å². The van der Waals surface area contributed by atoms with Crippen LogP contribution in [0.2, 0.25) is 0 Å². The van der Waals surface area contributed by atoms with Crippen LogP contribution in [0, 0.1) is 11.6 Å². The van der Waals surface area contributed by atoms with E-state index >= 15 is 0 Å². The summed E-state index contributed by atoms with van der Waals surface area (Å²) in [7, 11) is 0. The number of fused-ring (bicyclic) bond motifs is 1. The van der Waals surface area contributed by atoms with Gasteiger partial charge in [-0.3, -0.25) is 9.97 Å². The lowest BCUT2D eigenvalue weighted by Gasteiger charge is -2.15. The Labute approximate surface area is 114 Å². The quantitative estimate of drug-likeness (QED) is 0.779. The molecule has 1 aromatic heterocycles. The highest BCUT2D eigenvalue weighted by atomic mass is 19.1. The van der Waals surface area contributed by atoms with Crippen molar-refractivity contribution in [1.82, 2.24) is 9.97 Å². The van der Waals surface area contributed by atoms with Gasteiger partial charge in [0.05, 0.1) is 17.1 Å². The van der Waals surface area contributed by atoms with Gasteiger partial charge in [0.1, 0.15) is 11.6 Å². The molecule has 1 atom stereocenters. The molecule has 2 N–H and O–H groups in total. The summed E-state index contributed by atoms with van der Waals surface area (Å²) in [5, 5.41) is 0. The van der Waals surface area contributed by atoms with E-state index in [1.807, 2.05) is 0 Å². The van der Waals surface area contributed by atoms with Gasteiger partial charge < -0.3 is 5.73 Å². The molecule has 5 heteroatoms. The minimum Gasteiger partial charge on any atom is -0.320 e. The molecular weight excluding hydrogens is 260 g/mol. The van der Waals surface area contributed by atoms with Crippen LogP contribution in [0.15, 0.2) is 48.8 Å². The summed E-state index contributed by atoms with van der Waals surface area (Å²) in [4.78, 5) is 8.42. The van der Waals surface area contributed by atoms with E-state index in [1.54, 1.807) is 30.6 Å². The van der Waals surface area contributed by atoms with Crippen LogP contribution in [-0.2, 0) is 0 Å². The van der Waals surface area contributed by atoms with Crippen LogP contribution in [0.3, 0.4) is 0 Å². The van der Waals surface area contributed by atoms with Gasteiger partial charge in [-0.2, -0.15) is 0 Å². The molecule has 3 aromatic rings. The molecule has 0 fully saturated rings. The first kappa shape index (κ1) is 12.6. The second-order valence-electron chi connectivity index (χ2n) is 4.41. The van der Waals surface area contributed by atoms with Crippen molar-refractivity contribution in [3.05, 3.63) is 71.6 Å². The second-order valence-corrected chi connectivity index (χ2v) is 4.41. The first-order valence-electron chi connectivity index (χ1n) is 6.07. The number of benzene rings is 2. The summed E-state index contributed by atoms with van der Waals surface area (Å²) in [6.07, 6.45) is 3.13. The van der Waals surface area contributed by atoms with Crippen molar-refractivity contribution < 1.29 is 8.78 Å². The number of aromatic nitrogens is 2. The van der Waals surface area contributed by atoms with Crippen LogP contribution in [-0.4, -0.2) is 9.97 Å². The first-order valence-corrected chi connectivity index (χ1v) is 6.07. The Morgan fingerprint density at radius 1 is 0.950 bits per heavy atom. The van der Waals surface area contributed by atoms with E-state index in [1.165, 1.54) is 12.1 Å². The van der Waals surface area contributed by atoms with E-state index in [0.29, 0.717) is 16.6 Å². The fourth-order valence-corrected chi connectivity index (χ4v) is 2.19. The summed E-state index contributed by atoms with van der Waals surface area (Å²) in [5.74, 6) is -1.30. The van der Waals surface area contributed by atoms with Crippen molar-refractivity contribution >= 4 is 11.0 Å². The Balaban J connectivity index is 2.15. The molecule has 1 unspecified atom stereocenters. The van der Waals surface area contributed by atoms with Crippen LogP contribution < -0.4 is 5.73 Å². The first-order chi connectivity index (χ1) is 9.66. The molecule has 0 aliphatic rings. The number of nitrogens with two attached hydrogens (primary N) is 1. The summed E-state index contributed by atoms with van der Waals surface area (Å²) in [6.45, 7) is 0. The fraction of sp³-hybridized carbons (Fsp3) is 0.0667. The van der Waals surface area contributed by atoms with Crippen molar-refractivity contribution in [1.29, 1.82) is 0 Å². The fourth-order valence-electron chi connectivity index (χ4n) is 2.19. The van der Waals surface area contributed by atoms with Gasteiger partial charge in [-0.05, 0) is 12.1 Å². The Bertz CT molecular complexity index is 769. The highest BCUT2D eigenvalue weighted by Crippen LogP contribution is 2.26. The molecule has 3 rings (SSSR count). The van der Waals surface area contributed by atoms with Crippen LogP contribution in [0.1, 0.15) is 17.2 Å². The number of nitrogens with zero attached hydrogens (tertiary/aromatic N) is 2. The average molecular weight is 271 g/mol. The molecular formula is C15H11F2N3. The predicted octanol–water partition coefficient (Wildman–Crippen LogP) is 2.96. The standard InChI is InChI=1S/C15H11F2N3/c16-9-4-5-10(12(17)8-9)14(18)11-2-1-3-13-15(11)20-7-6-19-13/h1-8,14H,18H2. The molecule has 0 bridgehead atoms. The molecule has 0 amide bonds. The largest absolute Gasteiger partial charge is 0.320 e. The highest BCUT2D eigenvalue weighted by Gasteiger charge is 2.17. The van der Waals surface area contributed by atoms with E-state index in [2.05, 4.69) is 9.97 Å². The molecule has 2 aromatic carbocycles. The van der Waals surface area contributed by atoms with Gasteiger partial charge in [0.2, 0.25) is 0 Å². The molecule has 0 spiro atoms. The molecule has 0 radical (unpaired) electrons. The number of hydrogen-bond donors (Lipinski definition) is 1. The van der Waals surface area contributed by atoms with E-state index in [9.17, 15) is 8.78 Å². The number of hydrogen-bond acceptors (Lipinski definition) is 3. The maximum atomic E-state index is 13.8. The Kier molecular flexibility index (Phi) is 3.12.